The Labute approximate surface area is 93.5 Å². The molecule has 16 heavy (non-hydrogen) atoms. The van der Waals surface area contributed by atoms with Crippen LogP contribution in [0.25, 0.3) is 0 Å². The summed E-state index contributed by atoms with van der Waals surface area (Å²) in [5.74, 6) is -0.418. The third kappa shape index (κ3) is 2.70. The number of hydrogen-bond acceptors (Lipinski definition) is 4. The van der Waals surface area contributed by atoms with E-state index in [0.29, 0.717) is 12.4 Å². The predicted molar refractivity (Wildman–Crippen MR) is 58.7 cm³/mol. The van der Waals surface area contributed by atoms with Crippen molar-refractivity contribution in [3.8, 4) is 0 Å². The summed E-state index contributed by atoms with van der Waals surface area (Å²) in [5, 5.41) is 12.0. The van der Waals surface area contributed by atoms with Gasteiger partial charge in [0.2, 0.25) is 0 Å². The van der Waals surface area contributed by atoms with E-state index >= 15 is 0 Å². The molecule has 1 atom stereocenters. The second kappa shape index (κ2) is 4.94. The van der Waals surface area contributed by atoms with Gasteiger partial charge in [-0.05, 0) is 25.0 Å². The minimum absolute atomic E-state index is 0.0572. The molecule has 2 heterocycles. The number of anilines is 1. The molecule has 2 N–H and O–H groups in total. The Morgan fingerprint density at radius 3 is 3.12 bits per heavy atom. The van der Waals surface area contributed by atoms with Crippen molar-refractivity contribution in [2.45, 2.75) is 18.9 Å². The average molecular weight is 222 g/mol. The minimum Gasteiger partial charge on any atom is -0.477 e. The first-order valence-corrected chi connectivity index (χ1v) is 5.30. The fourth-order valence-electron chi connectivity index (χ4n) is 1.70. The number of ether oxygens (including phenoxy) is 1. The fraction of sp³-hybridized carbons (Fsp3) is 0.455. The van der Waals surface area contributed by atoms with Crippen molar-refractivity contribution in [1.82, 2.24) is 4.98 Å². The van der Waals surface area contributed by atoms with Gasteiger partial charge in [0.25, 0.3) is 0 Å². The second-order valence-electron chi connectivity index (χ2n) is 3.77. The maximum absolute atomic E-state index is 10.7. The lowest BCUT2D eigenvalue weighted by atomic mass is 10.1. The molecule has 0 aromatic carbocycles. The molecule has 0 amide bonds. The molecule has 0 aliphatic carbocycles. The largest absolute Gasteiger partial charge is 0.477 e. The molecule has 5 nitrogen and oxygen atoms in total. The van der Waals surface area contributed by atoms with E-state index in [1.54, 1.807) is 12.1 Å². The molecule has 2 rings (SSSR count). The Bertz CT molecular complexity index is 375. The molecule has 0 spiro atoms. The highest BCUT2D eigenvalue weighted by atomic mass is 16.5. The number of pyridine rings is 1. The van der Waals surface area contributed by atoms with E-state index in [2.05, 4.69) is 10.3 Å². The smallest absolute Gasteiger partial charge is 0.354 e. The van der Waals surface area contributed by atoms with Crippen molar-refractivity contribution >= 4 is 11.8 Å². The summed E-state index contributed by atoms with van der Waals surface area (Å²) in [6, 6.07) is 5.15. The van der Waals surface area contributed by atoms with Crippen LogP contribution in [0.2, 0.25) is 0 Å². The number of aromatic carboxylic acids is 1. The molecule has 1 aliphatic rings. The van der Waals surface area contributed by atoms with Crippen LogP contribution >= 0.6 is 0 Å². The van der Waals surface area contributed by atoms with Crippen LogP contribution in [0, 0.1) is 0 Å². The molecule has 1 unspecified atom stereocenters. The molecule has 0 saturated carbocycles. The highest BCUT2D eigenvalue weighted by Crippen LogP contribution is 2.12. The van der Waals surface area contributed by atoms with Crippen LogP contribution in [-0.2, 0) is 4.74 Å². The van der Waals surface area contributed by atoms with Gasteiger partial charge in [-0.1, -0.05) is 6.07 Å². The summed E-state index contributed by atoms with van der Waals surface area (Å²) in [6.07, 6.45) is 2.05. The Kier molecular flexibility index (Phi) is 3.36. The molecule has 0 radical (unpaired) electrons. The van der Waals surface area contributed by atoms with Crippen molar-refractivity contribution in [3.05, 3.63) is 23.9 Å². The van der Waals surface area contributed by atoms with Crippen LogP contribution in [0.5, 0.6) is 0 Å². The Morgan fingerprint density at radius 1 is 1.56 bits per heavy atom. The predicted octanol–water partition coefficient (Wildman–Crippen LogP) is 1.37. The summed E-state index contributed by atoms with van der Waals surface area (Å²) in [4.78, 5) is 14.7. The Balaban J connectivity index is 2.02. The molecule has 1 fully saturated rings. The number of nitrogens with zero attached hydrogens (tertiary/aromatic N) is 1. The molecule has 0 bridgehead atoms. The zero-order valence-electron chi connectivity index (χ0n) is 8.85. The molecule has 1 saturated heterocycles. The van der Waals surface area contributed by atoms with Gasteiger partial charge in [-0.2, -0.15) is 0 Å². The summed E-state index contributed by atoms with van der Waals surface area (Å²) in [5.41, 5.74) is 0.0572. The van der Waals surface area contributed by atoms with Gasteiger partial charge >= 0.3 is 5.97 Å². The number of aromatic nitrogens is 1. The lowest BCUT2D eigenvalue weighted by molar-refractivity contribution is 0.0690. The monoisotopic (exact) mass is 222 g/mol. The van der Waals surface area contributed by atoms with E-state index in [1.807, 2.05) is 0 Å². The topological polar surface area (TPSA) is 71.5 Å². The highest BCUT2D eigenvalue weighted by molar-refractivity contribution is 5.85. The van der Waals surface area contributed by atoms with Crippen LogP contribution in [-0.4, -0.2) is 35.3 Å². The lowest BCUT2D eigenvalue weighted by Gasteiger charge is -2.23. The molecule has 1 aliphatic heterocycles. The van der Waals surface area contributed by atoms with Crippen LogP contribution in [0.3, 0.4) is 0 Å². The normalized spacial score (nSPS) is 20.4. The van der Waals surface area contributed by atoms with E-state index in [-0.39, 0.29) is 11.7 Å². The van der Waals surface area contributed by atoms with E-state index in [4.69, 9.17) is 9.84 Å². The van der Waals surface area contributed by atoms with Crippen molar-refractivity contribution in [2.75, 3.05) is 18.5 Å². The van der Waals surface area contributed by atoms with Gasteiger partial charge in [-0.3, -0.25) is 0 Å². The third-order valence-electron chi connectivity index (χ3n) is 2.48. The maximum Gasteiger partial charge on any atom is 0.354 e. The Morgan fingerprint density at radius 2 is 2.44 bits per heavy atom. The van der Waals surface area contributed by atoms with Crippen LogP contribution < -0.4 is 5.32 Å². The van der Waals surface area contributed by atoms with Gasteiger partial charge in [0.15, 0.2) is 5.69 Å². The number of carbonyl (C=O) groups is 1. The van der Waals surface area contributed by atoms with Crippen molar-refractivity contribution in [2.24, 2.45) is 0 Å². The number of carboxylic acids is 1. The van der Waals surface area contributed by atoms with Gasteiger partial charge in [0, 0.05) is 6.61 Å². The maximum atomic E-state index is 10.7. The number of rotatable bonds is 3. The van der Waals surface area contributed by atoms with Gasteiger partial charge < -0.3 is 15.2 Å². The first-order chi connectivity index (χ1) is 7.75. The molecule has 86 valence electrons. The van der Waals surface area contributed by atoms with E-state index in [0.717, 1.165) is 19.4 Å². The number of carboxylic acid groups (broad SMARTS) is 1. The van der Waals surface area contributed by atoms with Crippen molar-refractivity contribution in [3.63, 3.8) is 0 Å². The number of hydrogen-bond donors (Lipinski definition) is 2. The van der Waals surface area contributed by atoms with Gasteiger partial charge in [0.05, 0.1) is 12.6 Å². The minimum atomic E-state index is -1.01. The average Bonchev–Trinajstić information content (AvgIpc) is 2.30. The summed E-state index contributed by atoms with van der Waals surface area (Å²) >= 11 is 0. The van der Waals surface area contributed by atoms with E-state index < -0.39 is 5.97 Å². The third-order valence-corrected chi connectivity index (χ3v) is 2.48. The van der Waals surface area contributed by atoms with Gasteiger partial charge in [-0.15, -0.1) is 0 Å². The summed E-state index contributed by atoms with van der Waals surface area (Å²) in [6.45, 7) is 1.46. The summed E-state index contributed by atoms with van der Waals surface area (Å²) < 4.78 is 5.33. The molecular weight excluding hydrogens is 208 g/mol. The molecule has 5 heteroatoms. The van der Waals surface area contributed by atoms with Crippen molar-refractivity contribution < 1.29 is 14.6 Å². The van der Waals surface area contributed by atoms with Crippen LogP contribution in [0.4, 0.5) is 5.82 Å². The summed E-state index contributed by atoms with van der Waals surface area (Å²) in [7, 11) is 0. The van der Waals surface area contributed by atoms with E-state index in [1.165, 1.54) is 6.07 Å². The van der Waals surface area contributed by atoms with Crippen molar-refractivity contribution in [1.29, 1.82) is 0 Å². The second-order valence-corrected chi connectivity index (χ2v) is 3.77. The highest BCUT2D eigenvalue weighted by Gasteiger charge is 2.14. The fourth-order valence-corrected chi connectivity index (χ4v) is 1.70. The van der Waals surface area contributed by atoms with E-state index in [9.17, 15) is 4.79 Å². The first kappa shape index (κ1) is 10.9. The quantitative estimate of drug-likeness (QED) is 0.808. The molecular formula is C11H14N2O3. The zero-order valence-corrected chi connectivity index (χ0v) is 8.85. The SMILES string of the molecule is O=C(O)c1cccc(NC2CCCOC2)n1. The lowest BCUT2D eigenvalue weighted by Crippen LogP contribution is -2.30. The van der Waals surface area contributed by atoms with Gasteiger partial charge in [-0.25, -0.2) is 9.78 Å². The van der Waals surface area contributed by atoms with Crippen LogP contribution in [0.1, 0.15) is 23.3 Å². The zero-order chi connectivity index (χ0) is 11.4. The number of nitrogens with one attached hydrogen (secondary N) is 1. The van der Waals surface area contributed by atoms with Gasteiger partial charge in [0.1, 0.15) is 5.82 Å². The molecule has 1 aromatic heterocycles. The Hall–Kier alpha value is -1.62. The van der Waals surface area contributed by atoms with Crippen LogP contribution in [0.15, 0.2) is 18.2 Å². The molecule has 1 aromatic rings. The first-order valence-electron chi connectivity index (χ1n) is 5.30. The standard InChI is InChI=1S/C11H14N2O3/c14-11(15)9-4-1-5-10(13-9)12-8-3-2-6-16-7-8/h1,4-5,8H,2-3,6-7H2,(H,12,13)(H,14,15).